The Hall–Kier alpha value is -2.21. The van der Waals surface area contributed by atoms with Crippen LogP contribution in [0.4, 0.5) is 24.5 Å². The number of nitrogens with zero attached hydrogens (tertiary/aromatic N) is 1. The van der Waals surface area contributed by atoms with Gasteiger partial charge >= 0.3 is 6.18 Å². The second kappa shape index (κ2) is 7.43. The number of carbonyl (C=O) groups excluding carboxylic acids is 1. The Morgan fingerprint density at radius 2 is 1.89 bits per heavy atom. The van der Waals surface area contributed by atoms with Gasteiger partial charge in [0.25, 0.3) is 0 Å². The number of nitrogens with one attached hydrogen (secondary N) is 1. The first-order valence-electron chi connectivity index (χ1n) is 8.71. The fourth-order valence-electron chi connectivity index (χ4n) is 3.22. The number of amides is 1. The lowest BCUT2D eigenvalue weighted by molar-refractivity contribution is -0.137. The summed E-state index contributed by atoms with van der Waals surface area (Å²) < 4.78 is 38.5. The molecule has 0 aromatic heterocycles. The summed E-state index contributed by atoms with van der Waals surface area (Å²) >= 11 is 6.04. The fraction of sp³-hybridized carbons (Fsp3) is 0.350. The molecule has 0 spiro atoms. The first-order chi connectivity index (χ1) is 12.7. The Labute approximate surface area is 161 Å². The van der Waals surface area contributed by atoms with Crippen LogP contribution in [0.1, 0.15) is 25.0 Å². The minimum Gasteiger partial charge on any atom is -0.372 e. The Morgan fingerprint density at radius 3 is 2.52 bits per heavy atom. The zero-order valence-corrected chi connectivity index (χ0v) is 15.7. The number of para-hydroxylation sites is 1. The number of rotatable bonds is 4. The average Bonchev–Trinajstić information content (AvgIpc) is 3.03. The van der Waals surface area contributed by atoms with Crippen LogP contribution in [-0.2, 0) is 17.4 Å². The molecule has 0 bridgehead atoms. The summed E-state index contributed by atoms with van der Waals surface area (Å²) in [6, 6.07) is 10.2. The molecule has 0 unspecified atom stereocenters. The molecule has 1 atom stereocenters. The number of halogens is 4. The molecule has 7 heteroatoms. The first kappa shape index (κ1) is 19.5. The van der Waals surface area contributed by atoms with Crippen molar-refractivity contribution in [2.24, 2.45) is 5.92 Å². The maximum atomic E-state index is 13.1. The zero-order chi connectivity index (χ0) is 19.8. The van der Waals surface area contributed by atoms with Crippen LogP contribution < -0.4 is 10.2 Å². The van der Waals surface area contributed by atoms with Gasteiger partial charge in [0.2, 0.25) is 5.91 Å². The zero-order valence-electron chi connectivity index (χ0n) is 15.0. The highest BCUT2D eigenvalue weighted by Gasteiger charge is 2.33. The lowest BCUT2D eigenvalue weighted by Gasteiger charge is -2.28. The van der Waals surface area contributed by atoms with Crippen molar-refractivity contribution >= 4 is 28.9 Å². The third-order valence-corrected chi connectivity index (χ3v) is 5.01. The Kier molecular flexibility index (Phi) is 5.38. The molecule has 1 N–H and O–H groups in total. The number of alkyl halides is 3. The molecule has 0 fully saturated rings. The Morgan fingerprint density at radius 1 is 1.19 bits per heavy atom. The topological polar surface area (TPSA) is 32.3 Å². The van der Waals surface area contributed by atoms with Crippen LogP contribution in [0.3, 0.4) is 0 Å². The van der Waals surface area contributed by atoms with Gasteiger partial charge in [0.15, 0.2) is 0 Å². The second-order valence-electron chi connectivity index (χ2n) is 6.93. The lowest BCUT2D eigenvalue weighted by atomic mass is 10.0. The van der Waals surface area contributed by atoms with E-state index < -0.39 is 17.8 Å². The monoisotopic (exact) mass is 396 g/mol. The van der Waals surface area contributed by atoms with Crippen LogP contribution in [0.2, 0.25) is 5.02 Å². The maximum Gasteiger partial charge on any atom is 0.416 e. The van der Waals surface area contributed by atoms with E-state index in [1.54, 1.807) is 4.90 Å². The molecule has 3 rings (SSSR count). The summed E-state index contributed by atoms with van der Waals surface area (Å²) in [6.45, 7) is 4.36. The summed E-state index contributed by atoms with van der Waals surface area (Å²) in [5.74, 6) is -0.200. The van der Waals surface area contributed by atoms with Crippen LogP contribution >= 0.6 is 11.6 Å². The minimum atomic E-state index is -4.46. The molecule has 1 aliphatic heterocycles. The maximum absolute atomic E-state index is 13.1. The molecule has 0 aliphatic carbocycles. The fourth-order valence-corrected chi connectivity index (χ4v) is 3.46. The van der Waals surface area contributed by atoms with Gasteiger partial charge in [-0.1, -0.05) is 43.6 Å². The van der Waals surface area contributed by atoms with Gasteiger partial charge in [0.1, 0.15) is 6.04 Å². The van der Waals surface area contributed by atoms with Gasteiger partial charge in [0.05, 0.1) is 16.3 Å². The van der Waals surface area contributed by atoms with E-state index in [0.717, 1.165) is 29.8 Å². The highest BCUT2D eigenvalue weighted by molar-refractivity contribution is 6.33. The predicted molar refractivity (Wildman–Crippen MR) is 101 cm³/mol. The summed E-state index contributed by atoms with van der Waals surface area (Å²) in [4.78, 5) is 14.9. The van der Waals surface area contributed by atoms with Crippen LogP contribution in [0.25, 0.3) is 0 Å². The number of hydrogen-bond acceptors (Lipinski definition) is 2. The smallest absolute Gasteiger partial charge is 0.372 e. The molecule has 144 valence electrons. The van der Waals surface area contributed by atoms with Gasteiger partial charge in [-0.05, 0) is 42.2 Å². The SMILES string of the molecule is CC(C)[C@H](Nc1ccc(C(F)(F)F)cc1Cl)C(=O)N1CCc2ccccc21. The van der Waals surface area contributed by atoms with E-state index >= 15 is 0 Å². The van der Waals surface area contributed by atoms with Crippen molar-refractivity contribution in [2.45, 2.75) is 32.5 Å². The van der Waals surface area contributed by atoms with E-state index in [0.29, 0.717) is 12.2 Å². The number of anilines is 2. The third-order valence-electron chi connectivity index (χ3n) is 4.69. The van der Waals surface area contributed by atoms with Crippen molar-refractivity contribution in [1.82, 2.24) is 0 Å². The number of hydrogen-bond donors (Lipinski definition) is 1. The quantitative estimate of drug-likeness (QED) is 0.752. The van der Waals surface area contributed by atoms with Gasteiger partial charge in [-0.25, -0.2) is 0 Å². The molecule has 1 heterocycles. The van der Waals surface area contributed by atoms with Crippen molar-refractivity contribution in [3.63, 3.8) is 0 Å². The van der Waals surface area contributed by atoms with E-state index in [1.807, 2.05) is 38.1 Å². The number of fused-ring (bicyclic) bond motifs is 1. The summed E-state index contributed by atoms with van der Waals surface area (Å²) in [5, 5.41) is 2.98. The largest absolute Gasteiger partial charge is 0.416 e. The van der Waals surface area contributed by atoms with Gasteiger partial charge in [-0.15, -0.1) is 0 Å². The minimum absolute atomic E-state index is 0.0647. The highest BCUT2D eigenvalue weighted by atomic mass is 35.5. The first-order valence-corrected chi connectivity index (χ1v) is 9.09. The van der Waals surface area contributed by atoms with Gasteiger partial charge in [-0.2, -0.15) is 13.2 Å². The molecule has 2 aromatic rings. The predicted octanol–water partition coefficient (Wildman–Crippen LogP) is 5.38. The van der Waals surface area contributed by atoms with E-state index in [9.17, 15) is 18.0 Å². The molecular formula is C20H20ClF3N2O. The van der Waals surface area contributed by atoms with Crippen molar-refractivity contribution in [1.29, 1.82) is 0 Å². The van der Waals surface area contributed by atoms with Crippen molar-refractivity contribution in [2.75, 3.05) is 16.8 Å². The lowest BCUT2D eigenvalue weighted by Crippen LogP contribution is -2.45. The van der Waals surface area contributed by atoms with Crippen molar-refractivity contribution in [3.8, 4) is 0 Å². The molecule has 0 saturated heterocycles. The highest BCUT2D eigenvalue weighted by Crippen LogP contribution is 2.35. The van der Waals surface area contributed by atoms with Gasteiger partial charge in [-0.3, -0.25) is 4.79 Å². The van der Waals surface area contributed by atoms with Crippen molar-refractivity contribution in [3.05, 3.63) is 58.6 Å². The van der Waals surface area contributed by atoms with E-state index in [1.165, 1.54) is 6.07 Å². The molecule has 27 heavy (non-hydrogen) atoms. The molecular weight excluding hydrogens is 377 g/mol. The molecule has 1 aliphatic rings. The van der Waals surface area contributed by atoms with E-state index in [4.69, 9.17) is 11.6 Å². The van der Waals surface area contributed by atoms with Crippen LogP contribution in [-0.4, -0.2) is 18.5 Å². The molecule has 1 amide bonds. The van der Waals surface area contributed by atoms with Crippen LogP contribution in [0, 0.1) is 5.92 Å². The average molecular weight is 397 g/mol. The molecule has 0 radical (unpaired) electrons. The third kappa shape index (κ3) is 4.05. The normalized spacial score (nSPS) is 15.0. The summed E-state index contributed by atoms with van der Waals surface area (Å²) in [6.07, 6.45) is -3.68. The summed E-state index contributed by atoms with van der Waals surface area (Å²) in [7, 11) is 0. The standard InChI is InChI=1S/C20H20ClF3N2O/c1-12(2)18(19(27)26-10-9-13-5-3-4-6-17(13)26)25-16-8-7-14(11-15(16)21)20(22,23)24/h3-8,11-12,18,25H,9-10H2,1-2H3/t18-/m0/s1. The van der Waals surface area contributed by atoms with E-state index in [-0.39, 0.29) is 16.8 Å². The van der Waals surface area contributed by atoms with Crippen LogP contribution in [0.5, 0.6) is 0 Å². The molecule has 2 aromatic carbocycles. The second-order valence-corrected chi connectivity index (χ2v) is 7.33. The van der Waals surface area contributed by atoms with Gasteiger partial charge in [0, 0.05) is 12.2 Å². The molecule has 3 nitrogen and oxygen atoms in total. The van der Waals surface area contributed by atoms with Crippen molar-refractivity contribution < 1.29 is 18.0 Å². The molecule has 0 saturated carbocycles. The Balaban J connectivity index is 1.84. The summed E-state index contributed by atoms with van der Waals surface area (Å²) in [5.41, 5.74) is 1.48. The van der Waals surface area contributed by atoms with E-state index in [2.05, 4.69) is 5.32 Å². The number of carbonyl (C=O) groups is 1. The Bertz CT molecular complexity index is 851. The van der Waals surface area contributed by atoms with Gasteiger partial charge < -0.3 is 10.2 Å². The number of benzene rings is 2. The van der Waals surface area contributed by atoms with Crippen LogP contribution in [0.15, 0.2) is 42.5 Å².